The molecule has 2 aromatic heterocycles. The first-order valence-electron chi connectivity index (χ1n) is 8.63. The van der Waals surface area contributed by atoms with Crippen LogP contribution in [0.15, 0.2) is 48.8 Å². The lowest BCUT2D eigenvalue weighted by Gasteiger charge is -2.09. The van der Waals surface area contributed by atoms with Gasteiger partial charge in [-0.05, 0) is 43.5 Å². The molecule has 27 heavy (non-hydrogen) atoms. The fourth-order valence-corrected chi connectivity index (χ4v) is 3.83. The average molecular weight is 402 g/mol. The van der Waals surface area contributed by atoms with Crippen molar-refractivity contribution in [2.45, 2.75) is 12.8 Å². The van der Waals surface area contributed by atoms with Crippen LogP contribution in [0.2, 0.25) is 0 Å². The quantitative estimate of drug-likeness (QED) is 0.684. The van der Waals surface area contributed by atoms with Crippen LogP contribution in [0.3, 0.4) is 0 Å². The molecule has 1 unspecified atom stereocenters. The Morgan fingerprint density at radius 2 is 2.07 bits per heavy atom. The number of amides is 1. The van der Waals surface area contributed by atoms with Crippen LogP contribution in [0, 0.1) is 5.92 Å². The minimum atomic E-state index is -0.209. The van der Waals surface area contributed by atoms with E-state index in [4.69, 9.17) is 0 Å². The summed E-state index contributed by atoms with van der Waals surface area (Å²) in [6.45, 7) is 2.10. The Labute approximate surface area is 167 Å². The van der Waals surface area contributed by atoms with Gasteiger partial charge in [0.2, 0.25) is 5.13 Å². The molecule has 1 aliphatic rings. The average Bonchev–Trinajstić information content (AvgIpc) is 3.35. The molecule has 6 nitrogen and oxygen atoms in total. The summed E-state index contributed by atoms with van der Waals surface area (Å²) in [6.07, 6.45) is 5.54. The van der Waals surface area contributed by atoms with E-state index in [0.717, 1.165) is 35.6 Å². The second-order valence-electron chi connectivity index (χ2n) is 6.38. The smallest absolute Gasteiger partial charge is 0.259 e. The Kier molecular flexibility index (Phi) is 6.49. The molecule has 1 amide bonds. The molecule has 1 fully saturated rings. The first-order valence-corrected chi connectivity index (χ1v) is 9.44. The summed E-state index contributed by atoms with van der Waals surface area (Å²) in [7, 11) is 0. The van der Waals surface area contributed by atoms with Crippen LogP contribution in [0.4, 0.5) is 5.13 Å². The van der Waals surface area contributed by atoms with Crippen molar-refractivity contribution in [1.29, 1.82) is 0 Å². The Morgan fingerprint density at radius 1 is 1.22 bits per heavy atom. The van der Waals surface area contributed by atoms with Gasteiger partial charge in [-0.15, -0.1) is 22.6 Å². The zero-order valence-electron chi connectivity index (χ0n) is 14.6. The zero-order chi connectivity index (χ0) is 17.8. The predicted molar refractivity (Wildman–Crippen MR) is 109 cm³/mol. The molecule has 0 saturated carbocycles. The van der Waals surface area contributed by atoms with Crippen molar-refractivity contribution >= 4 is 34.8 Å². The molecule has 3 heterocycles. The van der Waals surface area contributed by atoms with Gasteiger partial charge < -0.3 is 5.32 Å². The van der Waals surface area contributed by atoms with E-state index in [1.54, 1.807) is 6.20 Å². The van der Waals surface area contributed by atoms with Crippen molar-refractivity contribution in [3.05, 3.63) is 59.9 Å². The maximum atomic E-state index is 12.5. The number of hydrogen-bond donors (Lipinski definition) is 2. The van der Waals surface area contributed by atoms with Crippen LogP contribution in [0.25, 0.3) is 10.6 Å². The summed E-state index contributed by atoms with van der Waals surface area (Å²) in [5.41, 5.74) is 2.62. The fourth-order valence-electron chi connectivity index (χ4n) is 3.09. The molecule has 0 radical (unpaired) electrons. The molecule has 1 atom stereocenters. The fraction of sp³-hybridized carbons (Fsp3) is 0.263. The summed E-state index contributed by atoms with van der Waals surface area (Å²) in [5.74, 6) is 0.409. The van der Waals surface area contributed by atoms with E-state index in [1.165, 1.54) is 17.8 Å². The van der Waals surface area contributed by atoms with Gasteiger partial charge in [0.25, 0.3) is 5.91 Å². The van der Waals surface area contributed by atoms with Crippen molar-refractivity contribution in [2.75, 3.05) is 18.4 Å². The van der Waals surface area contributed by atoms with Crippen LogP contribution in [0.1, 0.15) is 22.3 Å². The lowest BCUT2D eigenvalue weighted by molar-refractivity contribution is 0.102. The number of nitrogens with zero attached hydrogens (tertiary/aromatic N) is 3. The van der Waals surface area contributed by atoms with Gasteiger partial charge in [0, 0.05) is 18.0 Å². The maximum absolute atomic E-state index is 12.5. The van der Waals surface area contributed by atoms with Gasteiger partial charge in [0.05, 0.1) is 5.56 Å². The third-order valence-electron chi connectivity index (χ3n) is 4.41. The number of rotatable bonds is 5. The Balaban J connectivity index is 0.00000210. The van der Waals surface area contributed by atoms with Gasteiger partial charge in [-0.25, -0.2) is 0 Å². The number of carbonyl (C=O) groups is 1. The highest BCUT2D eigenvalue weighted by Gasteiger charge is 2.16. The molecule has 0 bridgehead atoms. The molecular weight excluding hydrogens is 382 g/mol. The van der Waals surface area contributed by atoms with Gasteiger partial charge in [0.1, 0.15) is 5.01 Å². The summed E-state index contributed by atoms with van der Waals surface area (Å²) < 4.78 is 0. The van der Waals surface area contributed by atoms with Crippen LogP contribution >= 0.6 is 23.7 Å². The number of anilines is 1. The van der Waals surface area contributed by atoms with Crippen LogP contribution in [-0.4, -0.2) is 34.2 Å². The summed E-state index contributed by atoms with van der Waals surface area (Å²) >= 11 is 1.36. The van der Waals surface area contributed by atoms with Crippen molar-refractivity contribution in [2.24, 2.45) is 5.92 Å². The molecule has 1 saturated heterocycles. The van der Waals surface area contributed by atoms with Crippen molar-refractivity contribution in [3.63, 3.8) is 0 Å². The van der Waals surface area contributed by atoms with Gasteiger partial charge in [-0.2, -0.15) is 0 Å². The van der Waals surface area contributed by atoms with Crippen molar-refractivity contribution in [3.8, 4) is 10.6 Å². The number of hydrogen-bond acceptors (Lipinski definition) is 6. The predicted octanol–water partition coefficient (Wildman–Crippen LogP) is 3.43. The number of pyridine rings is 1. The monoisotopic (exact) mass is 401 g/mol. The van der Waals surface area contributed by atoms with E-state index in [9.17, 15) is 4.79 Å². The van der Waals surface area contributed by atoms with Crippen LogP contribution < -0.4 is 10.6 Å². The van der Waals surface area contributed by atoms with E-state index < -0.39 is 0 Å². The third-order valence-corrected chi connectivity index (χ3v) is 5.30. The highest BCUT2D eigenvalue weighted by Crippen LogP contribution is 2.26. The molecule has 0 aliphatic carbocycles. The Morgan fingerprint density at radius 3 is 2.85 bits per heavy atom. The SMILES string of the molecule is Cl.O=C(Nc1nnc(-c2ccccc2)s1)c1cncc(CC2CCNC2)c1. The summed E-state index contributed by atoms with van der Waals surface area (Å²) in [6, 6.07) is 11.7. The highest BCUT2D eigenvalue weighted by atomic mass is 35.5. The van der Waals surface area contributed by atoms with E-state index in [-0.39, 0.29) is 18.3 Å². The van der Waals surface area contributed by atoms with Crippen LogP contribution in [0.5, 0.6) is 0 Å². The number of benzene rings is 1. The lowest BCUT2D eigenvalue weighted by Crippen LogP contribution is -2.14. The van der Waals surface area contributed by atoms with Gasteiger partial charge in [-0.1, -0.05) is 41.7 Å². The van der Waals surface area contributed by atoms with Crippen LogP contribution in [-0.2, 0) is 6.42 Å². The Bertz CT molecular complexity index is 896. The molecule has 4 rings (SSSR count). The normalized spacial score (nSPS) is 15.9. The first-order chi connectivity index (χ1) is 12.8. The topological polar surface area (TPSA) is 79.8 Å². The minimum absolute atomic E-state index is 0. The molecule has 140 valence electrons. The first kappa shape index (κ1) is 19.4. The maximum Gasteiger partial charge on any atom is 0.259 e. The standard InChI is InChI=1S/C19H19N5OS.ClH/c25-17(16-9-14(11-21-12-16)8-13-6-7-20-10-13)22-19-24-23-18(26-19)15-4-2-1-3-5-15;/h1-5,9,11-13,20H,6-8,10H2,(H,22,24,25);1H. The van der Waals surface area contributed by atoms with Crippen molar-refractivity contribution < 1.29 is 4.79 Å². The Hall–Kier alpha value is -2.35. The van der Waals surface area contributed by atoms with Crippen molar-refractivity contribution in [1.82, 2.24) is 20.5 Å². The van der Waals surface area contributed by atoms with Gasteiger partial charge >= 0.3 is 0 Å². The van der Waals surface area contributed by atoms with E-state index in [1.807, 2.05) is 42.6 Å². The summed E-state index contributed by atoms with van der Waals surface area (Å²) in [5, 5.41) is 15.7. The van der Waals surface area contributed by atoms with E-state index >= 15 is 0 Å². The van der Waals surface area contributed by atoms with E-state index in [2.05, 4.69) is 25.8 Å². The molecule has 8 heteroatoms. The number of aromatic nitrogens is 3. The minimum Gasteiger partial charge on any atom is -0.316 e. The third kappa shape index (κ3) is 4.88. The molecular formula is C19H20ClN5OS. The highest BCUT2D eigenvalue weighted by molar-refractivity contribution is 7.18. The zero-order valence-corrected chi connectivity index (χ0v) is 16.2. The summed E-state index contributed by atoms with van der Waals surface area (Å²) in [4.78, 5) is 16.8. The lowest BCUT2D eigenvalue weighted by atomic mass is 9.99. The number of nitrogens with one attached hydrogen (secondary N) is 2. The molecule has 1 aromatic carbocycles. The van der Waals surface area contributed by atoms with Gasteiger partial charge in [-0.3, -0.25) is 15.1 Å². The van der Waals surface area contributed by atoms with Gasteiger partial charge in [0.15, 0.2) is 0 Å². The molecule has 3 aromatic rings. The molecule has 2 N–H and O–H groups in total. The number of halogens is 1. The second-order valence-corrected chi connectivity index (χ2v) is 7.35. The van der Waals surface area contributed by atoms with E-state index in [0.29, 0.717) is 16.6 Å². The number of carbonyl (C=O) groups excluding carboxylic acids is 1. The second kappa shape index (κ2) is 9.03. The molecule has 1 aliphatic heterocycles. The largest absolute Gasteiger partial charge is 0.316 e. The molecule has 0 spiro atoms.